The molecule has 1 aromatic carbocycles. The van der Waals surface area contributed by atoms with E-state index in [9.17, 15) is 5.11 Å². The van der Waals surface area contributed by atoms with Crippen LogP contribution in [0.15, 0.2) is 16.6 Å². The van der Waals surface area contributed by atoms with Gasteiger partial charge < -0.3 is 14.6 Å². The molecule has 0 saturated carbocycles. The summed E-state index contributed by atoms with van der Waals surface area (Å²) in [6.45, 7) is 3.82. The van der Waals surface area contributed by atoms with E-state index in [1.165, 1.54) is 18.4 Å². The van der Waals surface area contributed by atoms with Gasteiger partial charge in [0.05, 0.1) is 24.8 Å². The highest BCUT2D eigenvalue weighted by Crippen LogP contribution is 2.38. The van der Waals surface area contributed by atoms with Gasteiger partial charge in [0.2, 0.25) is 0 Å². The molecule has 1 aliphatic heterocycles. The Morgan fingerprint density at radius 2 is 2.09 bits per heavy atom. The number of aliphatic hydroxyl groups excluding tert-OH is 1. The summed E-state index contributed by atoms with van der Waals surface area (Å²) in [4.78, 5) is 2.47. The van der Waals surface area contributed by atoms with Crippen molar-refractivity contribution in [2.45, 2.75) is 51.3 Å². The van der Waals surface area contributed by atoms with Crippen molar-refractivity contribution in [1.29, 1.82) is 0 Å². The van der Waals surface area contributed by atoms with Crippen LogP contribution in [0.3, 0.4) is 0 Å². The number of ether oxygens (including phenoxy) is 2. The number of methoxy groups -OCH3 is 2. The van der Waals surface area contributed by atoms with Crippen LogP contribution >= 0.6 is 15.9 Å². The van der Waals surface area contributed by atoms with Gasteiger partial charge in [-0.15, -0.1) is 0 Å². The molecule has 1 saturated heterocycles. The highest BCUT2D eigenvalue weighted by Gasteiger charge is 2.25. The van der Waals surface area contributed by atoms with Crippen molar-refractivity contribution in [3.05, 3.63) is 22.2 Å². The minimum atomic E-state index is -0.251. The number of hydrogen-bond donors (Lipinski definition) is 1. The number of halogens is 1. The van der Waals surface area contributed by atoms with Crippen molar-refractivity contribution >= 4 is 15.9 Å². The van der Waals surface area contributed by atoms with Gasteiger partial charge in [-0.1, -0.05) is 12.5 Å². The van der Waals surface area contributed by atoms with Gasteiger partial charge in [0.15, 0.2) is 11.5 Å². The van der Waals surface area contributed by atoms with E-state index in [1.54, 1.807) is 14.2 Å². The lowest BCUT2D eigenvalue weighted by Crippen LogP contribution is -2.40. The van der Waals surface area contributed by atoms with Gasteiger partial charge in [-0.2, -0.15) is 0 Å². The van der Waals surface area contributed by atoms with E-state index < -0.39 is 0 Å². The molecule has 1 N–H and O–H groups in total. The van der Waals surface area contributed by atoms with Crippen molar-refractivity contribution in [3.8, 4) is 11.5 Å². The molecule has 0 amide bonds. The summed E-state index contributed by atoms with van der Waals surface area (Å²) < 4.78 is 11.7. The molecule has 0 aliphatic carbocycles. The van der Waals surface area contributed by atoms with Crippen LogP contribution in [0.1, 0.15) is 38.2 Å². The maximum atomic E-state index is 9.72. The number of rotatable bonds is 6. The van der Waals surface area contributed by atoms with Crippen molar-refractivity contribution in [2.75, 3.05) is 20.8 Å². The quantitative estimate of drug-likeness (QED) is 0.829. The summed E-state index contributed by atoms with van der Waals surface area (Å²) >= 11 is 3.65. The number of likely N-dealkylation sites (tertiary alicyclic amines) is 1. The van der Waals surface area contributed by atoms with Crippen LogP contribution in [0.4, 0.5) is 0 Å². The van der Waals surface area contributed by atoms with Crippen LogP contribution in [0, 0.1) is 0 Å². The zero-order valence-electron chi connectivity index (χ0n) is 13.6. The fraction of sp³-hybridized carbons (Fsp3) is 0.647. The molecular formula is C17H26BrNO3. The molecule has 4 nitrogen and oxygen atoms in total. The zero-order valence-corrected chi connectivity index (χ0v) is 15.2. The van der Waals surface area contributed by atoms with Crippen LogP contribution in [-0.2, 0) is 6.54 Å². The average Bonchev–Trinajstić information content (AvgIpc) is 2.50. The van der Waals surface area contributed by atoms with Crippen LogP contribution in [0.2, 0.25) is 0 Å². The van der Waals surface area contributed by atoms with Crippen molar-refractivity contribution in [2.24, 2.45) is 0 Å². The highest BCUT2D eigenvalue weighted by molar-refractivity contribution is 9.10. The predicted octanol–water partition coefficient (Wildman–Crippen LogP) is 3.59. The first kappa shape index (κ1) is 17.6. The molecule has 0 unspecified atom stereocenters. The predicted molar refractivity (Wildman–Crippen MR) is 91.6 cm³/mol. The Morgan fingerprint density at radius 3 is 2.73 bits per heavy atom. The van der Waals surface area contributed by atoms with Crippen molar-refractivity contribution < 1.29 is 14.6 Å². The van der Waals surface area contributed by atoms with Gasteiger partial charge in [0, 0.05) is 12.6 Å². The second kappa shape index (κ2) is 8.18. The third-order valence-corrected chi connectivity index (χ3v) is 5.17. The standard InChI is InChI=1S/C17H26BrNO3/c1-12(20)10-14-6-4-5-9-19(14)11-13-7-8-15(21-2)17(22-3)16(13)18/h7-8,12,14,20H,4-6,9-11H2,1-3H3/t12-,14-/m0/s1. The third-order valence-electron chi connectivity index (χ3n) is 4.30. The molecule has 2 rings (SSSR count). The fourth-order valence-electron chi connectivity index (χ4n) is 3.20. The van der Waals surface area contributed by atoms with Gasteiger partial charge in [-0.3, -0.25) is 4.90 Å². The first-order chi connectivity index (χ1) is 10.6. The minimum Gasteiger partial charge on any atom is -0.493 e. The summed E-state index contributed by atoms with van der Waals surface area (Å²) in [7, 11) is 3.30. The third kappa shape index (κ3) is 4.15. The van der Waals surface area contributed by atoms with Gasteiger partial charge in [-0.25, -0.2) is 0 Å². The second-order valence-corrected chi connectivity index (χ2v) is 6.77. The SMILES string of the molecule is COc1ccc(CN2CCCC[C@H]2C[C@H](C)O)c(Br)c1OC. The van der Waals surface area contributed by atoms with Gasteiger partial charge >= 0.3 is 0 Å². The Bertz CT molecular complexity index is 493. The largest absolute Gasteiger partial charge is 0.493 e. The maximum absolute atomic E-state index is 9.72. The molecule has 22 heavy (non-hydrogen) atoms. The molecular weight excluding hydrogens is 346 g/mol. The smallest absolute Gasteiger partial charge is 0.175 e. The van der Waals surface area contributed by atoms with Crippen LogP contribution in [0.25, 0.3) is 0 Å². The monoisotopic (exact) mass is 371 g/mol. The Labute approximate surface area is 141 Å². The molecule has 0 radical (unpaired) electrons. The number of nitrogens with zero attached hydrogens (tertiary/aromatic N) is 1. The summed E-state index contributed by atoms with van der Waals surface area (Å²) in [6, 6.07) is 4.49. The van der Waals surface area contributed by atoms with E-state index in [1.807, 2.05) is 13.0 Å². The summed E-state index contributed by atoms with van der Waals surface area (Å²) in [6.07, 6.45) is 4.22. The second-order valence-electron chi connectivity index (χ2n) is 5.98. The van der Waals surface area contributed by atoms with Gasteiger partial charge in [0.1, 0.15) is 0 Å². The normalized spacial score (nSPS) is 20.7. The van der Waals surface area contributed by atoms with Crippen LogP contribution < -0.4 is 9.47 Å². The van der Waals surface area contributed by atoms with Gasteiger partial charge in [-0.05, 0) is 60.3 Å². The van der Waals surface area contributed by atoms with E-state index >= 15 is 0 Å². The van der Waals surface area contributed by atoms with E-state index in [0.717, 1.165) is 41.9 Å². The van der Waals surface area contributed by atoms with E-state index in [0.29, 0.717) is 6.04 Å². The van der Waals surface area contributed by atoms with Crippen LogP contribution in [0.5, 0.6) is 11.5 Å². The lowest BCUT2D eigenvalue weighted by molar-refractivity contribution is 0.0815. The molecule has 1 aliphatic rings. The van der Waals surface area contributed by atoms with Crippen molar-refractivity contribution in [3.63, 3.8) is 0 Å². The van der Waals surface area contributed by atoms with E-state index in [-0.39, 0.29) is 6.10 Å². The Kier molecular flexibility index (Phi) is 6.53. The van der Waals surface area contributed by atoms with E-state index in [4.69, 9.17) is 9.47 Å². The molecule has 5 heteroatoms. The molecule has 1 heterocycles. The van der Waals surface area contributed by atoms with Crippen LogP contribution in [-0.4, -0.2) is 42.9 Å². The first-order valence-electron chi connectivity index (χ1n) is 7.88. The zero-order chi connectivity index (χ0) is 16.1. The lowest BCUT2D eigenvalue weighted by Gasteiger charge is -2.36. The maximum Gasteiger partial charge on any atom is 0.175 e. The van der Waals surface area contributed by atoms with Gasteiger partial charge in [0.25, 0.3) is 0 Å². The highest BCUT2D eigenvalue weighted by atomic mass is 79.9. The van der Waals surface area contributed by atoms with Crippen molar-refractivity contribution in [1.82, 2.24) is 4.90 Å². The molecule has 0 aromatic heterocycles. The Balaban J connectivity index is 2.17. The molecule has 0 spiro atoms. The average molecular weight is 372 g/mol. The van der Waals surface area contributed by atoms with E-state index in [2.05, 4.69) is 26.9 Å². The first-order valence-corrected chi connectivity index (χ1v) is 8.67. The molecule has 1 aromatic rings. The Morgan fingerprint density at radius 1 is 1.32 bits per heavy atom. The number of benzene rings is 1. The molecule has 0 bridgehead atoms. The number of hydrogen-bond acceptors (Lipinski definition) is 4. The minimum absolute atomic E-state index is 0.251. The topological polar surface area (TPSA) is 41.9 Å². The summed E-state index contributed by atoms with van der Waals surface area (Å²) in [5.41, 5.74) is 1.19. The molecule has 2 atom stereocenters. The Hall–Kier alpha value is -0.780. The molecule has 1 fully saturated rings. The fourth-order valence-corrected chi connectivity index (χ4v) is 3.81. The number of piperidine rings is 1. The summed E-state index contributed by atoms with van der Waals surface area (Å²) in [5, 5.41) is 9.72. The lowest BCUT2D eigenvalue weighted by atomic mass is 9.96. The molecule has 124 valence electrons. The number of aliphatic hydroxyl groups is 1. The summed E-state index contributed by atoms with van der Waals surface area (Å²) in [5.74, 6) is 1.47.